The lowest BCUT2D eigenvalue weighted by molar-refractivity contribution is 0.0996. The van der Waals surface area contributed by atoms with E-state index < -0.39 is 5.91 Å². The van der Waals surface area contributed by atoms with Crippen LogP contribution in [0, 0.1) is 5.92 Å². The van der Waals surface area contributed by atoms with Crippen molar-refractivity contribution in [3.8, 4) is 0 Å². The Labute approximate surface area is 172 Å². The lowest BCUT2D eigenvalue weighted by atomic mass is 9.81. The van der Waals surface area contributed by atoms with Crippen molar-refractivity contribution in [3.63, 3.8) is 0 Å². The zero-order valence-corrected chi connectivity index (χ0v) is 17.5. The van der Waals surface area contributed by atoms with E-state index in [-0.39, 0.29) is 11.7 Å². The normalized spacial score (nSPS) is 23.2. The molecular weight excluding hydrogens is 360 g/mol. The second-order valence-corrected chi connectivity index (χ2v) is 8.86. The highest BCUT2D eigenvalue weighted by Gasteiger charge is 2.29. The van der Waals surface area contributed by atoms with Gasteiger partial charge in [-0.15, -0.1) is 0 Å². The van der Waals surface area contributed by atoms with Crippen molar-refractivity contribution >= 4 is 17.4 Å². The van der Waals surface area contributed by atoms with Gasteiger partial charge in [-0.25, -0.2) is 9.98 Å². The Hall–Kier alpha value is -2.69. The minimum atomic E-state index is -0.555. The maximum Gasteiger partial charge on any atom is 0.271 e. The highest BCUT2D eigenvalue weighted by molar-refractivity contribution is 6.04. The van der Waals surface area contributed by atoms with Crippen LogP contribution < -0.4 is 5.73 Å². The summed E-state index contributed by atoms with van der Waals surface area (Å²) < 4.78 is 1.91. The van der Waals surface area contributed by atoms with Gasteiger partial charge in [-0.05, 0) is 69.4 Å². The summed E-state index contributed by atoms with van der Waals surface area (Å²) in [6, 6.07) is 0.0313. The molecule has 5 heteroatoms. The highest BCUT2D eigenvalue weighted by atomic mass is 16.1. The van der Waals surface area contributed by atoms with E-state index in [1.54, 1.807) is 17.5 Å². The fourth-order valence-electron chi connectivity index (χ4n) is 4.87. The molecule has 1 aliphatic heterocycles. The summed E-state index contributed by atoms with van der Waals surface area (Å²) in [5.74, 6) is 0.688. The number of aromatic nitrogens is 2. The number of allylic oxidation sites excluding steroid dienone is 6. The second-order valence-electron chi connectivity index (χ2n) is 8.86. The number of aliphatic imine (C=N–C) groups is 1. The Kier molecular flexibility index (Phi) is 5.15. The van der Waals surface area contributed by atoms with Gasteiger partial charge in [0.25, 0.3) is 5.91 Å². The number of primary amides is 1. The zero-order chi connectivity index (χ0) is 20.7. The Balaban J connectivity index is 1.47. The molecule has 0 saturated heterocycles. The van der Waals surface area contributed by atoms with Crippen molar-refractivity contribution in [2.45, 2.75) is 64.8 Å². The van der Waals surface area contributed by atoms with Crippen LogP contribution in [0.25, 0.3) is 0 Å². The summed E-state index contributed by atoms with van der Waals surface area (Å²) in [7, 11) is 0. The zero-order valence-electron chi connectivity index (χ0n) is 17.5. The van der Waals surface area contributed by atoms with Crippen LogP contribution in [-0.4, -0.2) is 21.2 Å². The molecule has 0 spiro atoms. The molecule has 152 valence electrons. The first-order valence-electron chi connectivity index (χ1n) is 10.5. The van der Waals surface area contributed by atoms with Gasteiger partial charge in [-0.2, -0.15) is 0 Å². The average Bonchev–Trinajstić information content (AvgIpc) is 3.26. The van der Waals surface area contributed by atoms with Gasteiger partial charge < -0.3 is 10.3 Å². The lowest BCUT2D eigenvalue weighted by Crippen LogP contribution is -2.21. The molecule has 0 fully saturated rings. The number of carbonyl (C=O) groups is 1. The van der Waals surface area contributed by atoms with Crippen LogP contribution in [0.1, 0.15) is 75.3 Å². The molecule has 2 N–H and O–H groups in total. The minimum absolute atomic E-state index is 0.0313. The molecule has 3 aliphatic rings. The van der Waals surface area contributed by atoms with Gasteiger partial charge in [0.15, 0.2) is 11.5 Å². The van der Waals surface area contributed by atoms with E-state index in [9.17, 15) is 4.79 Å². The Bertz CT molecular complexity index is 989. The Morgan fingerprint density at radius 3 is 2.86 bits per heavy atom. The maximum atomic E-state index is 11.8. The summed E-state index contributed by atoms with van der Waals surface area (Å²) in [5, 5.41) is 0. The van der Waals surface area contributed by atoms with Crippen molar-refractivity contribution in [1.29, 1.82) is 0 Å². The Morgan fingerprint density at radius 1 is 1.34 bits per heavy atom. The molecule has 2 unspecified atom stereocenters. The molecule has 1 aromatic rings. The summed E-state index contributed by atoms with van der Waals surface area (Å²) in [6.07, 6.45) is 11.7. The molecule has 0 radical (unpaired) electrons. The number of fused-ring (bicyclic) bond motifs is 1. The molecular formula is C24H30N4O. The van der Waals surface area contributed by atoms with E-state index in [1.165, 1.54) is 31.3 Å². The van der Waals surface area contributed by atoms with Gasteiger partial charge in [0.1, 0.15) is 0 Å². The molecule has 0 aromatic carbocycles. The number of nitrogens with zero attached hydrogens (tertiary/aromatic N) is 3. The molecule has 2 atom stereocenters. The summed E-state index contributed by atoms with van der Waals surface area (Å²) in [6.45, 7) is 12.7. The summed E-state index contributed by atoms with van der Waals surface area (Å²) >= 11 is 0. The van der Waals surface area contributed by atoms with Gasteiger partial charge in [-0.3, -0.25) is 4.79 Å². The predicted molar refractivity (Wildman–Crippen MR) is 117 cm³/mol. The molecule has 1 aromatic heterocycles. The van der Waals surface area contributed by atoms with Crippen LogP contribution in [0.4, 0.5) is 5.82 Å². The molecule has 4 rings (SSSR count). The number of hydrogen-bond acceptors (Lipinski definition) is 3. The van der Waals surface area contributed by atoms with E-state index in [0.717, 1.165) is 36.1 Å². The second kappa shape index (κ2) is 7.62. The number of amides is 1. The monoisotopic (exact) mass is 390 g/mol. The quantitative estimate of drug-likeness (QED) is 0.664. The number of nitrogens with two attached hydrogens (primary N) is 1. The standard InChI is InChI=1S/C24H30N4O/c1-14(2)21-12-20(27-24-22(23(25)29)26-13-28(21)24)16(4)5-6-17-7-8-18-9-15(3)10-19(18)11-17/h10,13,17,21H,1,4-9,11-12H2,2-3H3,(H2,25,29). The molecule has 0 saturated carbocycles. The van der Waals surface area contributed by atoms with E-state index in [1.807, 2.05) is 11.5 Å². The number of imidazole rings is 1. The average molecular weight is 391 g/mol. The van der Waals surface area contributed by atoms with Gasteiger partial charge in [0, 0.05) is 12.1 Å². The van der Waals surface area contributed by atoms with Gasteiger partial charge in [0.2, 0.25) is 0 Å². The molecule has 29 heavy (non-hydrogen) atoms. The molecule has 5 nitrogen and oxygen atoms in total. The number of hydrogen-bond donors (Lipinski definition) is 1. The van der Waals surface area contributed by atoms with E-state index >= 15 is 0 Å². The van der Waals surface area contributed by atoms with Crippen LogP contribution in [0.2, 0.25) is 0 Å². The van der Waals surface area contributed by atoms with Crippen LogP contribution in [0.15, 0.2) is 58.4 Å². The molecule has 2 heterocycles. The van der Waals surface area contributed by atoms with E-state index in [2.05, 4.69) is 31.1 Å². The third-order valence-corrected chi connectivity index (χ3v) is 6.53. The predicted octanol–water partition coefficient (Wildman–Crippen LogP) is 5.36. The smallest absolute Gasteiger partial charge is 0.271 e. The minimum Gasteiger partial charge on any atom is -0.364 e. The van der Waals surface area contributed by atoms with Crippen molar-refractivity contribution in [2.24, 2.45) is 16.6 Å². The Morgan fingerprint density at radius 2 is 2.14 bits per heavy atom. The third-order valence-electron chi connectivity index (χ3n) is 6.53. The molecule has 1 amide bonds. The van der Waals surface area contributed by atoms with Crippen molar-refractivity contribution in [1.82, 2.24) is 9.55 Å². The third kappa shape index (κ3) is 3.78. The largest absolute Gasteiger partial charge is 0.364 e. The van der Waals surface area contributed by atoms with Crippen LogP contribution >= 0.6 is 0 Å². The fourth-order valence-corrected chi connectivity index (χ4v) is 4.87. The molecule has 2 aliphatic carbocycles. The van der Waals surface area contributed by atoms with Crippen molar-refractivity contribution in [3.05, 3.63) is 59.1 Å². The summed E-state index contributed by atoms with van der Waals surface area (Å²) in [5.41, 5.74) is 13.5. The summed E-state index contributed by atoms with van der Waals surface area (Å²) in [4.78, 5) is 20.7. The van der Waals surface area contributed by atoms with Crippen LogP contribution in [0.5, 0.6) is 0 Å². The van der Waals surface area contributed by atoms with Gasteiger partial charge in [0.05, 0.1) is 12.4 Å². The first-order valence-corrected chi connectivity index (χ1v) is 10.5. The molecule has 0 bridgehead atoms. The number of rotatable bonds is 6. The first kappa shape index (κ1) is 19.6. The lowest BCUT2D eigenvalue weighted by Gasteiger charge is -2.27. The SMILES string of the molecule is C=C(CCC1CCC2=C(C=C(C)C2)C1)C1=Nc2c(C(N)=O)ncn2C(C(=C)C)C1. The van der Waals surface area contributed by atoms with Crippen LogP contribution in [-0.2, 0) is 0 Å². The maximum absolute atomic E-state index is 11.8. The van der Waals surface area contributed by atoms with E-state index in [4.69, 9.17) is 10.7 Å². The fraction of sp³-hybridized carbons (Fsp3) is 0.458. The van der Waals surface area contributed by atoms with Gasteiger partial charge in [-0.1, -0.05) is 36.0 Å². The van der Waals surface area contributed by atoms with Crippen LogP contribution in [0.3, 0.4) is 0 Å². The van der Waals surface area contributed by atoms with Crippen molar-refractivity contribution < 1.29 is 4.79 Å². The van der Waals surface area contributed by atoms with Gasteiger partial charge >= 0.3 is 0 Å². The van der Waals surface area contributed by atoms with E-state index in [0.29, 0.717) is 11.7 Å². The topological polar surface area (TPSA) is 73.3 Å². The van der Waals surface area contributed by atoms with Crippen molar-refractivity contribution in [2.75, 3.05) is 0 Å². The first-order chi connectivity index (χ1) is 13.8. The highest BCUT2D eigenvalue weighted by Crippen LogP contribution is 2.41. The number of carbonyl (C=O) groups excluding carboxylic acids is 1.